The summed E-state index contributed by atoms with van der Waals surface area (Å²) in [6.07, 6.45) is 2.64. The Morgan fingerprint density at radius 1 is 1.53 bits per heavy atom. The molecule has 3 atom stereocenters. The first-order valence-corrected chi connectivity index (χ1v) is 7.04. The smallest absolute Gasteiger partial charge is 0.130 e. The second-order valence-electron chi connectivity index (χ2n) is 5.54. The Balaban J connectivity index is 2.32. The van der Waals surface area contributed by atoms with Gasteiger partial charge in [-0.3, -0.25) is 0 Å². The van der Waals surface area contributed by atoms with Gasteiger partial charge in [-0.15, -0.1) is 0 Å². The Morgan fingerprint density at radius 2 is 2.26 bits per heavy atom. The van der Waals surface area contributed by atoms with Crippen molar-refractivity contribution in [3.05, 3.63) is 34.6 Å². The van der Waals surface area contributed by atoms with Gasteiger partial charge in [-0.25, -0.2) is 4.39 Å². The average Bonchev–Trinajstić information content (AvgIpc) is 2.38. The van der Waals surface area contributed by atoms with Gasteiger partial charge < -0.3 is 9.84 Å². The normalized spacial score (nSPS) is 29.2. The Labute approximate surface area is 118 Å². The molecule has 0 spiro atoms. The zero-order valence-electron chi connectivity index (χ0n) is 11.3. The molecular weight excluding hydrogens is 267 g/mol. The summed E-state index contributed by atoms with van der Waals surface area (Å²) in [5.41, 5.74) is -0.424. The third kappa shape index (κ3) is 2.93. The molecule has 1 saturated carbocycles. The minimum absolute atomic E-state index is 0.264. The van der Waals surface area contributed by atoms with Crippen molar-refractivity contribution in [3.63, 3.8) is 0 Å². The van der Waals surface area contributed by atoms with Crippen molar-refractivity contribution in [1.29, 1.82) is 0 Å². The standard InChI is InChI=1S/C15H20ClFO2/c1-10-4-3-7-15(9-10,19-2)14(18)12-6-5-11(16)8-13(12)17/h5-6,8,10,14,18H,3-4,7,9H2,1-2H3. The molecule has 1 aromatic carbocycles. The third-order valence-electron chi connectivity index (χ3n) is 4.15. The molecule has 0 bridgehead atoms. The van der Waals surface area contributed by atoms with Crippen LogP contribution in [-0.4, -0.2) is 17.8 Å². The molecule has 0 aromatic heterocycles. The minimum atomic E-state index is -0.961. The second kappa shape index (κ2) is 5.78. The molecule has 1 aromatic rings. The van der Waals surface area contributed by atoms with Gasteiger partial charge in [0.15, 0.2) is 0 Å². The van der Waals surface area contributed by atoms with Crippen molar-refractivity contribution in [1.82, 2.24) is 0 Å². The van der Waals surface area contributed by atoms with Crippen molar-refractivity contribution in [2.24, 2.45) is 5.92 Å². The van der Waals surface area contributed by atoms with Crippen LogP contribution in [-0.2, 0) is 4.74 Å². The van der Waals surface area contributed by atoms with Gasteiger partial charge in [0.25, 0.3) is 0 Å². The molecule has 4 heteroatoms. The predicted octanol–water partition coefficient (Wildman–Crippen LogP) is 4.11. The van der Waals surface area contributed by atoms with Gasteiger partial charge in [0, 0.05) is 17.7 Å². The highest BCUT2D eigenvalue weighted by Gasteiger charge is 2.43. The van der Waals surface area contributed by atoms with Crippen molar-refractivity contribution in [2.45, 2.75) is 44.3 Å². The maximum Gasteiger partial charge on any atom is 0.130 e. The molecule has 1 aliphatic rings. The summed E-state index contributed by atoms with van der Waals surface area (Å²) >= 11 is 5.75. The summed E-state index contributed by atoms with van der Waals surface area (Å²) in [5.74, 6) is -0.00615. The fourth-order valence-electron chi connectivity index (χ4n) is 3.10. The van der Waals surface area contributed by atoms with Crippen molar-refractivity contribution in [3.8, 4) is 0 Å². The fraction of sp³-hybridized carbons (Fsp3) is 0.600. The molecule has 19 heavy (non-hydrogen) atoms. The lowest BCUT2D eigenvalue weighted by atomic mass is 9.74. The average molecular weight is 287 g/mol. The van der Waals surface area contributed by atoms with Crippen LogP contribution in [0.2, 0.25) is 5.02 Å². The monoisotopic (exact) mass is 286 g/mol. The van der Waals surface area contributed by atoms with E-state index in [1.165, 1.54) is 6.07 Å². The lowest BCUT2D eigenvalue weighted by Gasteiger charge is -2.42. The molecule has 1 aliphatic carbocycles. The SMILES string of the molecule is COC1(C(O)c2ccc(Cl)cc2F)CCCC(C)C1. The number of hydrogen-bond acceptors (Lipinski definition) is 2. The van der Waals surface area contributed by atoms with Crippen LogP contribution in [0, 0.1) is 11.7 Å². The van der Waals surface area contributed by atoms with E-state index in [1.807, 2.05) is 0 Å². The van der Waals surface area contributed by atoms with Crippen molar-refractivity contribution < 1.29 is 14.2 Å². The zero-order valence-corrected chi connectivity index (χ0v) is 12.1. The Hall–Kier alpha value is -0.640. The number of halogens is 2. The van der Waals surface area contributed by atoms with Gasteiger partial charge in [-0.05, 0) is 30.9 Å². The van der Waals surface area contributed by atoms with Crippen LogP contribution in [0.3, 0.4) is 0 Å². The largest absolute Gasteiger partial charge is 0.385 e. The minimum Gasteiger partial charge on any atom is -0.385 e. The van der Waals surface area contributed by atoms with Crippen LogP contribution in [0.1, 0.15) is 44.3 Å². The number of ether oxygens (including phenoxy) is 1. The highest BCUT2D eigenvalue weighted by molar-refractivity contribution is 6.30. The first-order chi connectivity index (χ1) is 8.98. The van der Waals surface area contributed by atoms with E-state index in [-0.39, 0.29) is 5.56 Å². The fourth-order valence-corrected chi connectivity index (χ4v) is 3.25. The van der Waals surface area contributed by atoms with Crippen LogP contribution in [0.4, 0.5) is 4.39 Å². The van der Waals surface area contributed by atoms with Gasteiger partial charge in [-0.2, -0.15) is 0 Å². The van der Waals surface area contributed by atoms with Crippen LogP contribution in [0.15, 0.2) is 18.2 Å². The summed E-state index contributed by atoms with van der Waals surface area (Å²) < 4.78 is 19.6. The van der Waals surface area contributed by atoms with Gasteiger partial charge in [0.05, 0.1) is 5.60 Å². The zero-order chi connectivity index (χ0) is 14.0. The van der Waals surface area contributed by atoms with E-state index in [2.05, 4.69) is 6.92 Å². The third-order valence-corrected chi connectivity index (χ3v) is 4.39. The predicted molar refractivity (Wildman–Crippen MR) is 73.7 cm³/mol. The van der Waals surface area contributed by atoms with E-state index < -0.39 is 17.5 Å². The summed E-state index contributed by atoms with van der Waals surface area (Å²) in [6, 6.07) is 4.37. The summed E-state index contributed by atoms with van der Waals surface area (Å²) in [4.78, 5) is 0. The van der Waals surface area contributed by atoms with Crippen LogP contribution in [0.25, 0.3) is 0 Å². The molecule has 0 saturated heterocycles. The molecular formula is C15H20ClFO2. The lowest BCUT2D eigenvalue weighted by Crippen LogP contribution is -2.43. The van der Waals surface area contributed by atoms with E-state index in [1.54, 1.807) is 19.2 Å². The number of aliphatic hydroxyl groups is 1. The maximum atomic E-state index is 14.0. The van der Waals surface area contributed by atoms with Gasteiger partial charge in [0.1, 0.15) is 11.9 Å². The molecule has 1 fully saturated rings. The topological polar surface area (TPSA) is 29.5 Å². The number of hydrogen-bond donors (Lipinski definition) is 1. The number of aliphatic hydroxyl groups excluding tert-OH is 1. The Morgan fingerprint density at radius 3 is 2.84 bits per heavy atom. The molecule has 0 heterocycles. The van der Waals surface area contributed by atoms with Crippen molar-refractivity contribution >= 4 is 11.6 Å². The van der Waals surface area contributed by atoms with Crippen LogP contribution < -0.4 is 0 Å². The molecule has 1 N–H and O–H groups in total. The number of rotatable bonds is 3. The van der Waals surface area contributed by atoms with E-state index in [0.717, 1.165) is 25.7 Å². The Bertz CT molecular complexity index is 452. The van der Waals surface area contributed by atoms with E-state index in [9.17, 15) is 9.50 Å². The molecule has 2 rings (SSSR count). The van der Waals surface area contributed by atoms with Gasteiger partial charge in [-0.1, -0.05) is 37.4 Å². The second-order valence-corrected chi connectivity index (χ2v) is 5.98. The molecule has 2 nitrogen and oxygen atoms in total. The highest BCUT2D eigenvalue weighted by Crippen LogP contribution is 2.43. The van der Waals surface area contributed by atoms with Crippen LogP contribution in [0.5, 0.6) is 0 Å². The number of benzene rings is 1. The summed E-state index contributed by atoms with van der Waals surface area (Å²) in [7, 11) is 1.59. The first-order valence-electron chi connectivity index (χ1n) is 6.66. The Kier molecular flexibility index (Phi) is 4.49. The lowest BCUT2D eigenvalue weighted by molar-refractivity contribution is -0.135. The van der Waals surface area contributed by atoms with E-state index >= 15 is 0 Å². The van der Waals surface area contributed by atoms with Gasteiger partial charge in [0.2, 0.25) is 0 Å². The van der Waals surface area contributed by atoms with E-state index in [0.29, 0.717) is 10.9 Å². The summed E-state index contributed by atoms with van der Waals surface area (Å²) in [6.45, 7) is 2.14. The molecule has 0 aliphatic heterocycles. The van der Waals surface area contributed by atoms with Gasteiger partial charge >= 0.3 is 0 Å². The van der Waals surface area contributed by atoms with Crippen LogP contribution >= 0.6 is 11.6 Å². The highest BCUT2D eigenvalue weighted by atomic mass is 35.5. The molecule has 0 amide bonds. The van der Waals surface area contributed by atoms with Crippen molar-refractivity contribution in [2.75, 3.05) is 7.11 Å². The van der Waals surface area contributed by atoms with E-state index in [4.69, 9.17) is 16.3 Å². The summed E-state index contributed by atoms with van der Waals surface area (Å²) in [5, 5.41) is 10.9. The molecule has 106 valence electrons. The molecule has 3 unspecified atom stereocenters. The first kappa shape index (κ1) is 14.8. The quantitative estimate of drug-likeness (QED) is 0.906. The molecule has 0 radical (unpaired) electrons. The maximum absolute atomic E-state index is 14.0. The number of methoxy groups -OCH3 is 1.